The van der Waals surface area contributed by atoms with Crippen LogP contribution in [0.3, 0.4) is 0 Å². The van der Waals surface area contributed by atoms with Crippen LogP contribution >= 0.6 is 0 Å². The van der Waals surface area contributed by atoms with Crippen LogP contribution < -0.4 is 10.2 Å². The lowest BCUT2D eigenvalue weighted by molar-refractivity contribution is -0.128. The molecular formula is C15H23N5O. The topological polar surface area (TPSA) is 61.4 Å². The molecule has 114 valence electrons. The molecule has 0 unspecified atom stereocenters. The first kappa shape index (κ1) is 14.3. The average Bonchev–Trinajstić information content (AvgIpc) is 3.32. The summed E-state index contributed by atoms with van der Waals surface area (Å²) in [6, 6.07) is 0.702. The van der Waals surface area contributed by atoms with Gasteiger partial charge in [-0.15, -0.1) is 0 Å². The van der Waals surface area contributed by atoms with Crippen molar-refractivity contribution in [3.8, 4) is 0 Å². The molecule has 2 fully saturated rings. The summed E-state index contributed by atoms with van der Waals surface area (Å²) in [5.74, 6) is 0.926. The second kappa shape index (κ2) is 6.39. The van der Waals surface area contributed by atoms with Crippen molar-refractivity contribution in [2.24, 2.45) is 0 Å². The fourth-order valence-corrected chi connectivity index (χ4v) is 2.58. The van der Waals surface area contributed by atoms with Crippen molar-refractivity contribution < 1.29 is 4.79 Å². The molecule has 6 nitrogen and oxygen atoms in total. The third-order valence-corrected chi connectivity index (χ3v) is 4.09. The Morgan fingerprint density at radius 1 is 1.24 bits per heavy atom. The van der Waals surface area contributed by atoms with Crippen molar-refractivity contribution in [3.63, 3.8) is 0 Å². The van der Waals surface area contributed by atoms with E-state index >= 15 is 0 Å². The molecule has 0 radical (unpaired) electrons. The van der Waals surface area contributed by atoms with E-state index in [9.17, 15) is 4.79 Å². The number of carbonyl (C=O) groups is 1. The molecule has 1 amide bonds. The summed E-state index contributed by atoms with van der Waals surface area (Å²) in [6.07, 6.45) is 7.36. The maximum Gasteiger partial charge on any atom is 0.225 e. The maximum atomic E-state index is 11.4. The maximum absolute atomic E-state index is 11.4. The van der Waals surface area contributed by atoms with E-state index in [-0.39, 0.29) is 5.91 Å². The van der Waals surface area contributed by atoms with Gasteiger partial charge in [0.2, 0.25) is 11.9 Å². The Balaban J connectivity index is 1.56. The molecule has 1 aromatic heterocycles. The van der Waals surface area contributed by atoms with E-state index in [1.54, 1.807) is 6.92 Å². The van der Waals surface area contributed by atoms with Crippen LogP contribution in [-0.2, 0) is 11.3 Å². The Kier molecular flexibility index (Phi) is 4.34. The molecule has 2 aliphatic rings. The third kappa shape index (κ3) is 3.91. The van der Waals surface area contributed by atoms with Crippen molar-refractivity contribution in [1.29, 1.82) is 0 Å². The Hall–Kier alpha value is -1.69. The summed E-state index contributed by atoms with van der Waals surface area (Å²) < 4.78 is 0. The van der Waals surface area contributed by atoms with E-state index in [0.29, 0.717) is 6.04 Å². The lowest BCUT2D eigenvalue weighted by atomic mass is 10.3. The van der Waals surface area contributed by atoms with E-state index < -0.39 is 0 Å². The van der Waals surface area contributed by atoms with Crippen LogP contribution in [-0.4, -0.2) is 53.0 Å². The number of hydrogen-bond donors (Lipinski definition) is 1. The number of aromatic nitrogens is 2. The fourth-order valence-electron chi connectivity index (χ4n) is 2.58. The normalized spacial score (nSPS) is 19.5. The van der Waals surface area contributed by atoms with E-state index in [1.807, 2.05) is 17.3 Å². The molecule has 1 N–H and O–H groups in total. The van der Waals surface area contributed by atoms with Gasteiger partial charge in [-0.1, -0.05) is 0 Å². The molecule has 6 heteroatoms. The van der Waals surface area contributed by atoms with Gasteiger partial charge < -0.3 is 15.1 Å². The van der Waals surface area contributed by atoms with Crippen molar-refractivity contribution >= 4 is 11.9 Å². The van der Waals surface area contributed by atoms with Crippen LogP contribution in [0.5, 0.6) is 0 Å². The van der Waals surface area contributed by atoms with Gasteiger partial charge in [0.25, 0.3) is 0 Å². The zero-order chi connectivity index (χ0) is 14.7. The van der Waals surface area contributed by atoms with Gasteiger partial charge in [-0.05, 0) is 19.3 Å². The molecule has 3 rings (SSSR count). The number of amides is 1. The Labute approximate surface area is 125 Å². The van der Waals surface area contributed by atoms with Crippen molar-refractivity contribution in [2.75, 3.05) is 31.1 Å². The summed E-state index contributed by atoms with van der Waals surface area (Å²) in [4.78, 5) is 24.5. The molecular weight excluding hydrogens is 266 g/mol. The van der Waals surface area contributed by atoms with Crippen LogP contribution in [0, 0.1) is 0 Å². The lowest BCUT2D eigenvalue weighted by Gasteiger charge is -2.21. The van der Waals surface area contributed by atoms with Gasteiger partial charge in [-0.2, -0.15) is 0 Å². The second-order valence-electron chi connectivity index (χ2n) is 5.89. The summed E-state index contributed by atoms with van der Waals surface area (Å²) >= 11 is 0. The Morgan fingerprint density at radius 2 is 2.00 bits per heavy atom. The molecule has 21 heavy (non-hydrogen) atoms. The highest BCUT2D eigenvalue weighted by atomic mass is 16.2. The van der Waals surface area contributed by atoms with E-state index in [4.69, 9.17) is 0 Å². The first-order valence-corrected chi connectivity index (χ1v) is 7.77. The number of nitrogens with zero attached hydrogens (tertiary/aromatic N) is 4. The molecule has 1 saturated carbocycles. The standard InChI is InChI=1S/C15H23N5O/c1-12(21)19-5-2-6-20(8-7-19)15-17-10-13(11-18-15)9-16-14-3-4-14/h10-11,14,16H,2-9H2,1H3. The number of carbonyl (C=O) groups excluding carboxylic acids is 1. The number of nitrogens with one attached hydrogen (secondary N) is 1. The molecule has 1 aromatic rings. The predicted octanol–water partition coefficient (Wildman–Crippen LogP) is 0.787. The molecule has 0 spiro atoms. The summed E-state index contributed by atoms with van der Waals surface area (Å²) in [6.45, 7) is 5.78. The number of hydrogen-bond acceptors (Lipinski definition) is 5. The monoisotopic (exact) mass is 289 g/mol. The zero-order valence-corrected chi connectivity index (χ0v) is 12.6. The van der Waals surface area contributed by atoms with Gasteiger partial charge in [0.15, 0.2) is 0 Å². The van der Waals surface area contributed by atoms with E-state index in [2.05, 4.69) is 20.2 Å². The predicted molar refractivity (Wildman–Crippen MR) is 81.0 cm³/mol. The van der Waals surface area contributed by atoms with Crippen LogP contribution in [0.15, 0.2) is 12.4 Å². The lowest BCUT2D eigenvalue weighted by Crippen LogP contribution is -2.34. The Morgan fingerprint density at radius 3 is 2.67 bits per heavy atom. The molecule has 2 heterocycles. The molecule has 1 saturated heterocycles. The smallest absolute Gasteiger partial charge is 0.225 e. The van der Waals surface area contributed by atoms with E-state index in [0.717, 1.165) is 50.7 Å². The minimum atomic E-state index is 0.152. The van der Waals surface area contributed by atoms with Crippen LogP contribution in [0.2, 0.25) is 0 Å². The molecule has 1 aliphatic heterocycles. The number of anilines is 1. The first-order chi connectivity index (χ1) is 10.2. The van der Waals surface area contributed by atoms with Gasteiger partial charge in [0.1, 0.15) is 0 Å². The van der Waals surface area contributed by atoms with Crippen molar-refractivity contribution in [3.05, 3.63) is 18.0 Å². The second-order valence-corrected chi connectivity index (χ2v) is 5.89. The van der Waals surface area contributed by atoms with Crippen LogP contribution in [0.1, 0.15) is 31.7 Å². The zero-order valence-electron chi connectivity index (χ0n) is 12.6. The van der Waals surface area contributed by atoms with Gasteiger partial charge >= 0.3 is 0 Å². The Bertz CT molecular complexity index is 485. The quantitative estimate of drug-likeness (QED) is 0.888. The SMILES string of the molecule is CC(=O)N1CCCN(c2ncc(CNC3CC3)cn2)CC1. The third-order valence-electron chi connectivity index (χ3n) is 4.09. The molecule has 0 bridgehead atoms. The first-order valence-electron chi connectivity index (χ1n) is 7.77. The highest BCUT2D eigenvalue weighted by Gasteiger charge is 2.20. The average molecular weight is 289 g/mol. The van der Waals surface area contributed by atoms with Gasteiger partial charge in [-0.25, -0.2) is 9.97 Å². The van der Waals surface area contributed by atoms with Gasteiger partial charge in [-0.3, -0.25) is 4.79 Å². The highest BCUT2D eigenvalue weighted by molar-refractivity contribution is 5.73. The molecule has 0 aromatic carbocycles. The molecule has 0 atom stereocenters. The fraction of sp³-hybridized carbons (Fsp3) is 0.667. The minimum Gasteiger partial charge on any atom is -0.341 e. The van der Waals surface area contributed by atoms with Crippen molar-refractivity contribution in [2.45, 2.75) is 38.8 Å². The molecule has 1 aliphatic carbocycles. The van der Waals surface area contributed by atoms with Crippen LogP contribution in [0.4, 0.5) is 5.95 Å². The summed E-state index contributed by atoms with van der Waals surface area (Å²) in [7, 11) is 0. The highest BCUT2D eigenvalue weighted by Crippen LogP contribution is 2.19. The minimum absolute atomic E-state index is 0.152. The largest absolute Gasteiger partial charge is 0.341 e. The van der Waals surface area contributed by atoms with Crippen molar-refractivity contribution in [1.82, 2.24) is 20.2 Å². The summed E-state index contributed by atoms with van der Waals surface area (Å²) in [5, 5.41) is 3.46. The van der Waals surface area contributed by atoms with E-state index in [1.165, 1.54) is 12.8 Å². The van der Waals surface area contributed by atoms with Gasteiger partial charge in [0, 0.05) is 63.6 Å². The van der Waals surface area contributed by atoms with Crippen LogP contribution in [0.25, 0.3) is 0 Å². The summed E-state index contributed by atoms with van der Waals surface area (Å²) in [5.41, 5.74) is 1.13. The number of rotatable bonds is 4. The van der Waals surface area contributed by atoms with Gasteiger partial charge in [0.05, 0.1) is 0 Å².